The first-order valence-corrected chi connectivity index (χ1v) is 7.26. The maximum atomic E-state index is 6.03. The van der Waals surface area contributed by atoms with Crippen molar-refractivity contribution in [1.82, 2.24) is 9.97 Å². The van der Waals surface area contributed by atoms with Crippen molar-refractivity contribution in [2.75, 3.05) is 7.11 Å². The molecule has 2 rings (SSSR count). The molecule has 100 valence electrons. The van der Waals surface area contributed by atoms with E-state index in [1.807, 2.05) is 24.3 Å². The van der Waals surface area contributed by atoms with Gasteiger partial charge in [-0.15, -0.1) is 0 Å². The Bertz CT molecular complexity index is 563. The Hall–Kier alpha value is -1.26. The molecule has 0 aliphatic rings. The molecule has 0 saturated heterocycles. The third kappa shape index (κ3) is 3.85. The SMILES string of the molecule is CCCc1nc(Cl)cc(Sc2ccccc2OC)n1. The number of hydrogen-bond donors (Lipinski definition) is 0. The fourth-order valence-corrected chi connectivity index (χ4v) is 2.86. The molecule has 0 radical (unpaired) electrons. The summed E-state index contributed by atoms with van der Waals surface area (Å²) in [5.74, 6) is 1.62. The van der Waals surface area contributed by atoms with Gasteiger partial charge in [-0.1, -0.05) is 42.4 Å². The summed E-state index contributed by atoms with van der Waals surface area (Å²) in [5, 5.41) is 1.32. The van der Waals surface area contributed by atoms with Crippen LogP contribution in [-0.2, 0) is 6.42 Å². The van der Waals surface area contributed by atoms with Gasteiger partial charge in [0.05, 0.1) is 12.0 Å². The standard InChI is InChI=1S/C14H15ClN2OS/c1-3-6-13-16-12(15)9-14(17-13)19-11-8-5-4-7-10(11)18-2/h4-5,7-9H,3,6H2,1-2H3. The molecule has 0 amide bonds. The highest BCUT2D eigenvalue weighted by atomic mass is 35.5. The molecular formula is C14H15ClN2OS. The molecule has 0 N–H and O–H groups in total. The summed E-state index contributed by atoms with van der Waals surface area (Å²) in [6.45, 7) is 2.09. The molecule has 1 heterocycles. The normalized spacial score (nSPS) is 10.5. The summed E-state index contributed by atoms with van der Waals surface area (Å²) in [7, 11) is 1.66. The monoisotopic (exact) mass is 294 g/mol. The van der Waals surface area contributed by atoms with E-state index in [0.29, 0.717) is 5.15 Å². The minimum Gasteiger partial charge on any atom is -0.496 e. The first-order valence-electron chi connectivity index (χ1n) is 6.07. The predicted molar refractivity (Wildman–Crippen MR) is 78.2 cm³/mol. The van der Waals surface area contributed by atoms with Crippen molar-refractivity contribution in [3.63, 3.8) is 0 Å². The summed E-state index contributed by atoms with van der Waals surface area (Å²) < 4.78 is 5.33. The topological polar surface area (TPSA) is 35.0 Å². The molecule has 3 nitrogen and oxygen atoms in total. The highest BCUT2D eigenvalue weighted by Gasteiger charge is 2.08. The summed E-state index contributed by atoms with van der Waals surface area (Å²) in [6.07, 6.45) is 1.83. The van der Waals surface area contributed by atoms with Crippen LogP contribution in [0.1, 0.15) is 19.2 Å². The highest BCUT2D eigenvalue weighted by Crippen LogP contribution is 2.34. The molecule has 0 fully saturated rings. The Morgan fingerprint density at radius 3 is 2.79 bits per heavy atom. The van der Waals surface area contributed by atoms with Gasteiger partial charge >= 0.3 is 0 Å². The molecule has 0 saturated carbocycles. The summed E-state index contributed by atoms with van der Waals surface area (Å²) >= 11 is 7.56. The van der Waals surface area contributed by atoms with Crippen LogP contribution in [-0.4, -0.2) is 17.1 Å². The van der Waals surface area contributed by atoms with E-state index in [9.17, 15) is 0 Å². The van der Waals surface area contributed by atoms with Gasteiger partial charge in [0, 0.05) is 12.5 Å². The zero-order valence-corrected chi connectivity index (χ0v) is 12.5. The van der Waals surface area contributed by atoms with E-state index in [4.69, 9.17) is 16.3 Å². The third-order valence-corrected chi connectivity index (χ3v) is 3.64. The van der Waals surface area contributed by atoms with E-state index in [1.54, 1.807) is 13.2 Å². The van der Waals surface area contributed by atoms with Crippen molar-refractivity contribution in [1.29, 1.82) is 0 Å². The molecule has 5 heteroatoms. The van der Waals surface area contributed by atoms with Crippen LogP contribution in [0.2, 0.25) is 5.15 Å². The van der Waals surface area contributed by atoms with Crippen LogP contribution >= 0.6 is 23.4 Å². The quantitative estimate of drug-likeness (QED) is 0.773. The average molecular weight is 295 g/mol. The second kappa shape index (κ2) is 6.78. The maximum absolute atomic E-state index is 6.03. The second-order valence-electron chi connectivity index (χ2n) is 3.95. The smallest absolute Gasteiger partial charge is 0.133 e. The molecule has 0 unspecified atom stereocenters. The lowest BCUT2D eigenvalue weighted by atomic mass is 10.3. The van der Waals surface area contributed by atoms with Gasteiger partial charge < -0.3 is 4.74 Å². The van der Waals surface area contributed by atoms with E-state index in [-0.39, 0.29) is 0 Å². The number of ether oxygens (including phenoxy) is 1. The van der Waals surface area contributed by atoms with Crippen molar-refractivity contribution in [3.05, 3.63) is 41.3 Å². The number of methoxy groups -OCH3 is 1. The van der Waals surface area contributed by atoms with Gasteiger partial charge in [0.2, 0.25) is 0 Å². The fourth-order valence-electron chi connectivity index (χ4n) is 1.65. The Morgan fingerprint density at radius 2 is 2.05 bits per heavy atom. The van der Waals surface area contributed by atoms with E-state index >= 15 is 0 Å². The van der Waals surface area contributed by atoms with Crippen LogP contribution in [0.25, 0.3) is 0 Å². The minimum absolute atomic E-state index is 0.482. The van der Waals surface area contributed by atoms with Gasteiger partial charge in [-0.3, -0.25) is 0 Å². The average Bonchev–Trinajstić information content (AvgIpc) is 2.39. The lowest BCUT2D eigenvalue weighted by Crippen LogP contribution is -1.96. The van der Waals surface area contributed by atoms with Gasteiger partial charge in [0.1, 0.15) is 21.8 Å². The van der Waals surface area contributed by atoms with Crippen molar-refractivity contribution >= 4 is 23.4 Å². The lowest BCUT2D eigenvalue weighted by molar-refractivity contribution is 0.405. The Morgan fingerprint density at radius 1 is 1.26 bits per heavy atom. The first-order chi connectivity index (χ1) is 9.22. The van der Waals surface area contributed by atoms with Crippen LogP contribution in [0.15, 0.2) is 40.3 Å². The number of para-hydroxylation sites is 1. The summed E-state index contributed by atoms with van der Waals surface area (Å²) in [5.41, 5.74) is 0. The van der Waals surface area contributed by atoms with Gasteiger partial charge in [-0.05, 0) is 18.6 Å². The van der Waals surface area contributed by atoms with E-state index < -0.39 is 0 Å². The van der Waals surface area contributed by atoms with E-state index in [1.165, 1.54) is 11.8 Å². The van der Waals surface area contributed by atoms with Gasteiger partial charge in [-0.2, -0.15) is 0 Å². The maximum Gasteiger partial charge on any atom is 0.133 e. The van der Waals surface area contributed by atoms with Gasteiger partial charge in [0.25, 0.3) is 0 Å². The number of nitrogens with zero attached hydrogens (tertiary/aromatic N) is 2. The Kier molecular flexibility index (Phi) is 5.05. The summed E-state index contributed by atoms with van der Waals surface area (Å²) in [4.78, 5) is 9.74. The third-order valence-electron chi connectivity index (χ3n) is 2.47. The van der Waals surface area contributed by atoms with Crippen LogP contribution in [0.3, 0.4) is 0 Å². The molecule has 0 aliphatic carbocycles. The van der Waals surface area contributed by atoms with Crippen LogP contribution in [0.5, 0.6) is 5.75 Å². The molecule has 1 aromatic carbocycles. The Labute approximate surface area is 122 Å². The number of rotatable bonds is 5. The van der Waals surface area contributed by atoms with Crippen LogP contribution in [0.4, 0.5) is 0 Å². The van der Waals surface area contributed by atoms with Crippen LogP contribution in [0, 0.1) is 0 Å². The van der Waals surface area contributed by atoms with Crippen LogP contribution < -0.4 is 4.74 Å². The molecule has 0 atom stereocenters. The highest BCUT2D eigenvalue weighted by molar-refractivity contribution is 7.99. The zero-order valence-electron chi connectivity index (χ0n) is 10.9. The van der Waals surface area contributed by atoms with Crippen molar-refractivity contribution in [3.8, 4) is 5.75 Å². The predicted octanol–water partition coefficient (Wildman–Crippen LogP) is 4.24. The summed E-state index contributed by atoms with van der Waals surface area (Å²) in [6, 6.07) is 9.62. The van der Waals surface area contributed by atoms with E-state index in [0.717, 1.165) is 34.3 Å². The first kappa shape index (κ1) is 14.2. The molecule has 2 aromatic rings. The molecule has 19 heavy (non-hydrogen) atoms. The zero-order chi connectivity index (χ0) is 13.7. The number of aromatic nitrogens is 2. The number of halogens is 1. The molecule has 0 bridgehead atoms. The fraction of sp³-hybridized carbons (Fsp3) is 0.286. The molecular weight excluding hydrogens is 280 g/mol. The largest absolute Gasteiger partial charge is 0.496 e. The Balaban J connectivity index is 2.27. The minimum atomic E-state index is 0.482. The number of hydrogen-bond acceptors (Lipinski definition) is 4. The van der Waals surface area contributed by atoms with E-state index in [2.05, 4.69) is 16.9 Å². The van der Waals surface area contributed by atoms with Gasteiger partial charge in [0.15, 0.2) is 0 Å². The molecule has 0 aliphatic heterocycles. The van der Waals surface area contributed by atoms with Gasteiger partial charge in [-0.25, -0.2) is 9.97 Å². The lowest BCUT2D eigenvalue weighted by Gasteiger charge is -2.08. The number of benzene rings is 1. The van der Waals surface area contributed by atoms with Crippen molar-refractivity contribution in [2.24, 2.45) is 0 Å². The number of aryl methyl sites for hydroxylation is 1. The second-order valence-corrected chi connectivity index (χ2v) is 5.40. The van der Waals surface area contributed by atoms with Crippen molar-refractivity contribution in [2.45, 2.75) is 29.7 Å². The van der Waals surface area contributed by atoms with Crippen molar-refractivity contribution < 1.29 is 4.74 Å². The molecule has 1 aromatic heterocycles. The molecule has 0 spiro atoms.